The highest BCUT2D eigenvalue weighted by Gasteiger charge is 2.42. The Morgan fingerprint density at radius 1 is 0.469 bits per heavy atom. The van der Waals surface area contributed by atoms with E-state index in [9.17, 15) is 0 Å². The highest BCUT2D eigenvalue weighted by atomic mass is 79.9. The molecule has 0 amide bonds. The summed E-state index contributed by atoms with van der Waals surface area (Å²) < 4.78 is 2.65. The highest BCUT2D eigenvalue weighted by Crippen LogP contribution is 2.56. The fraction of sp³-hybridized carbons (Fsp3) is 0.556. The molecule has 0 aliphatic heterocycles. The Morgan fingerprint density at radius 3 is 1.24 bits per heavy atom. The number of unbranched alkanes of at least 4 members (excludes halogenated alkanes) is 12. The second kappa shape index (κ2) is 19.6. The molecular formula is C45H60Br2S2. The number of hydrogen-bond donors (Lipinski definition) is 0. The maximum Gasteiger partial charge on any atom is 0.0737 e. The van der Waals surface area contributed by atoms with E-state index in [2.05, 4.69) is 108 Å². The zero-order valence-corrected chi connectivity index (χ0v) is 35.6. The first-order valence-electron chi connectivity index (χ1n) is 19.8. The van der Waals surface area contributed by atoms with Gasteiger partial charge in [-0.15, -0.1) is 22.7 Å². The molecule has 4 aromatic rings. The molecule has 0 radical (unpaired) electrons. The van der Waals surface area contributed by atoms with Gasteiger partial charge in [-0.25, -0.2) is 0 Å². The van der Waals surface area contributed by atoms with Crippen LogP contribution < -0.4 is 0 Å². The molecular weight excluding hydrogens is 764 g/mol. The predicted molar refractivity (Wildman–Crippen MR) is 228 cm³/mol. The Hall–Kier alpha value is -1.20. The van der Waals surface area contributed by atoms with Crippen molar-refractivity contribution in [1.82, 2.24) is 0 Å². The Balaban J connectivity index is 1.54. The van der Waals surface area contributed by atoms with Crippen LogP contribution in [0.5, 0.6) is 0 Å². The average molecular weight is 825 g/mol. The van der Waals surface area contributed by atoms with Crippen LogP contribution in [-0.2, 0) is 18.3 Å². The lowest BCUT2D eigenvalue weighted by molar-refractivity contribution is 0.401. The van der Waals surface area contributed by atoms with Crippen molar-refractivity contribution >= 4 is 54.5 Å². The summed E-state index contributed by atoms with van der Waals surface area (Å²) in [5, 5.41) is 0. The molecule has 2 aromatic carbocycles. The summed E-state index contributed by atoms with van der Waals surface area (Å²) in [5.74, 6) is 0. The van der Waals surface area contributed by atoms with Crippen molar-refractivity contribution in [2.75, 3.05) is 0 Å². The van der Waals surface area contributed by atoms with Gasteiger partial charge in [0, 0.05) is 15.2 Å². The molecule has 0 unspecified atom stereocenters. The number of thiophene rings is 2. The molecule has 2 aromatic heterocycles. The van der Waals surface area contributed by atoms with E-state index < -0.39 is 0 Å². The number of hydrogen-bond acceptors (Lipinski definition) is 2. The predicted octanol–water partition coefficient (Wildman–Crippen LogP) is 17.1. The van der Waals surface area contributed by atoms with Crippen LogP contribution in [-0.4, -0.2) is 0 Å². The summed E-state index contributed by atoms with van der Waals surface area (Å²) in [7, 11) is 0. The first kappa shape index (κ1) is 39.0. The minimum absolute atomic E-state index is 0.0765. The molecule has 0 atom stereocenters. The summed E-state index contributed by atoms with van der Waals surface area (Å²) in [4.78, 5) is 2.83. The minimum atomic E-state index is 0.0765. The minimum Gasteiger partial charge on any atom is -0.128 e. The summed E-state index contributed by atoms with van der Waals surface area (Å²) in [5.41, 5.74) is 12.0. The van der Waals surface area contributed by atoms with Gasteiger partial charge >= 0.3 is 0 Å². The lowest BCUT2D eigenvalue weighted by Gasteiger charge is -2.33. The van der Waals surface area contributed by atoms with Gasteiger partial charge in [0.25, 0.3) is 0 Å². The number of benzene rings is 2. The van der Waals surface area contributed by atoms with Gasteiger partial charge in [-0.3, -0.25) is 0 Å². The maximum atomic E-state index is 3.96. The summed E-state index contributed by atoms with van der Waals surface area (Å²) in [6.07, 6.45) is 25.8. The Morgan fingerprint density at radius 2 is 0.857 bits per heavy atom. The van der Waals surface area contributed by atoms with Gasteiger partial charge in [0.15, 0.2) is 0 Å². The zero-order chi connectivity index (χ0) is 34.6. The second-order valence-electron chi connectivity index (χ2n) is 14.7. The fourth-order valence-electron chi connectivity index (χ4n) is 8.10. The van der Waals surface area contributed by atoms with E-state index in [0.29, 0.717) is 0 Å². The molecule has 0 fully saturated rings. The number of rotatable bonds is 22. The highest BCUT2D eigenvalue weighted by molar-refractivity contribution is 9.11. The molecule has 4 heteroatoms. The van der Waals surface area contributed by atoms with Crippen LogP contribution in [0.4, 0.5) is 0 Å². The van der Waals surface area contributed by atoms with Gasteiger partial charge in [0.05, 0.1) is 7.57 Å². The van der Waals surface area contributed by atoms with Gasteiger partial charge in [-0.1, -0.05) is 142 Å². The van der Waals surface area contributed by atoms with Gasteiger partial charge in [-0.2, -0.15) is 0 Å². The summed E-state index contributed by atoms with van der Waals surface area (Å²) in [6.45, 7) is 9.28. The molecule has 5 rings (SSSR count). The lowest BCUT2D eigenvalue weighted by atomic mass is 9.70. The third-order valence-corrected chi connectivity index (χ3v) is 15.0. The lowest BCUT2D eigenvalue weighted by Crippen LogP contribution is -2.25. The van der Waals surface area contributed by atoms with E-state index in [1.165, 1.54) is 179 Å². The summed E-state index contributed by atoms with van der Waals surface area (Å²) in [6, 6.07) is 20.0. The van der Waals surface area contributed by atoms with Crippen LogP contribution in [0.15, 0.2) is 56.1 Å². The van der Waals surface area contributed by atoms with Gasteiger partial charge in [0.1, 0.15) is 0 Å². The fourth-order valence-corrected chi connectivity index (χ4v) is 11.6. The van der Waals surface area contributed by atoms with Crippen molar-refractivity contribution in [2.24, 2.45) is 0 Å². The molecule has 0 saturated heterocycles. The molecule has 49 heavy (non-hydrogen) atoms. The largest absolute Gasteiger partial charge is 0.128 e. The Bertz CT molecular complexity index is 1490. The molecule has 0 bridgehead atoms. The molecule has 2 heterocycles. The molecule has 1 aliphatic rings. The molecule has 0 saturated carbocycles. The quantitative estimate of drug-likeness (QED) is 0.0693. The van der Waals surface area contributed by atoms with E-state index in [1.807, 2.05) is 22.7 Å². The van der Waals surface area contributed by atoms with Crippen LogP contribution in [0.1, 0.15) is 166 Å². The number of aryl methyl sites for hydroxylation is 2. The standard InChI is InChI=1S/C45H60Br2S2/c1-5-9-13-17-21-35-31-41(48-43(35)46)33-23-25-37-38-26-24-34(42-32-36(44(47)49-42)22-18-14-10-6-2)30-40(38)45(39(37)29-33,27-19-15-11-7-3)28-20-16-12-8-4/h23-26,29-32H,5-22,27-28H2,1-4H3. The SMILES string of the molecule is CCCCCCc1cc(-c2ccc3c(c2)C(CCCCCC)(CCCCCC)c2cc(-c4cc(CCCCCC)c(Br)s4)ccc2-3)sc1Br. The smallest absolute Gasteiger partial charge is 0.0737 e. The van der Waals surface area contributed by atoms with E-state index in [-0.39, 0.29) is 5.41 Å². The monoisotopic (exact) mass is 822 g/mol. The van der Waals surface area contributed by atoms with Crippen LogP contribution in [0, 0.1) is 0 Å². The Labute approximate surface area is 324 Å². The van der Waals surface area contributed by atoms with Gasteiger partial charge in [0.2, 0.25) is 0 Å². The van der Waals surface area contributed by atoms with E-state index in [0.717, 1.165) is 0 Å². The number of fused-ring (bicyclic) bond motifs is 3. The third kappa shape index (κ3) is 9.62. The van der Waals surface area contributed by atoms with Crippen LogP contribution in [0.2, 0.25) is 0 Å². The molecule has 1 aliphatic carbocycles. The summed E-state index contributed by atoms with van der Waals surface area (Å²) >= 11 is 11.8. The number of halogens is 2. The van der Waals surface area contributed by atoms with Crippen molar-refractivity contribution in [2.45, 2.75) is 162 Å². The average Bonchev–Trinajstić information content (AvgIpc) is 3.76. The van der Waals surface area contributed by atoms with Crippen molar-refractivity contribution in [3.8, 4) is 32.0 Å². The van der Waals surface area contributed by atoms with Crippen LogP contribution >= 0.6 is 54.5 Å². The van der Waals surface area contributed by atoms with Crippen molar-refractivity contribution in [3.05, 3.63) is 78.4 Å². The molecule has 266 valence electrons. The molecule has 0 N–H and O–H groups in total. The second-order valence-corrected chi connectivity index (χ2v) is 19.4. The maximum absolute atomic E-state index is 3.96. The van der Waals surface area contributed by atoms with E-state index >= 15 is 0 Å². The van der Waals surface area contributed by atoms with E-state index in [1.54, 1.807) is 11.1 Å². The van der Waals surface area contributed by atoms with Crippen molar-refractivity contribution in [3.63, 3.8) is 0 Å². The van der Waals surface area contributed by atoms with Crippen LogP contribution in [0.25, 0.3) is 32.0 Å². The zero-order valence-electron chi connectivity index (χ0n) is 30.8. The molecule has 0 spiro atoms. The van der Waals surface area contributed by atoms with E-state index in [4.69, 9.17) is 0 Å². The first-order chi connectivity index (χ1) is 23.9. The molecule has 0 nitrogen and oxygen atoms in total. The first-order valence-corrected chi connectivity index (χ1v) is 23.0. The Kier molecular flexibility index (Phi) is 15.6. The van der Waals surface area contributed by atoms with Gasteiger partial charge in [-0.05, 0) is 139 Å². The van der Waals surface area contributed by atoms with Crippen molar-refractivity contribution in [1.29, 1.82) is 0 Å². The van der Waals surface area contributed by atoms with Gasteiger partial charge < -0.3 is 0 Å². The van der Waals surface area contributed by atoms with Crippen molar-refractivity contribution < 1.29 is 0 Å². The third-order valence-electron chi connectivity index (χ3n) is 11.0. The topological polar surface area (TPSA) is 0 Å². The van der Waals surface area contributed by atoms with Crippen LogP contribution in [0.3, 0.4) is 0 Å². The normalized spacial score (nSPS) is 13.3.